The van der Waals surface area contributed by atoms with E-state index >= 15 is 0 Å². The zero-order valence-electron chi connectivity index (χ0n) is 8.69. The number of hydrogen-bond donors (Lipinski definition) is 1. The number of carbonyl (C=O) groups excluding carboxylic acids is 1. The molecule has 1 heterocycles. The van der Waals surface area contributed by atoms with Crippen molar-refractivity contribution in [2.75, 3.05) is 24.3 Å². The molecule has 15 heavy (non-hydrogen) atoms. The lowest BCUT2D eigenvalue weighted by Crippen LogP contribution is -2.24. The monoisotopic (exact) mass is 206 g/mol. The van der Waals surface area contributed by atoms with Crippen LogP contribution in [0.4, 0.5) is 11.4 Å². The van der Waals surface area contributed by atoms with E-state index in [2.05, 4.69) is 0 Å². The number of methoxy groups -OCH3 is 1. The van der Waals surface area contributed by atoms with E-state index in [1.165, 1.54) is 0 Å². The molecule has 2 N–H and O–H groups in total. The van der Waals surface area contributed by atoms with Gasteiger partial charge in [0.05, 0.1) is 12.8 Å². The van der Waals surface area contributed by atoms with Crippen molar-refractivity contribution in [1.82, 2.24) is 0 Å². The van der Waals surface area contributed by atoms with Gasteiger partial charge in [0.15, 0.2) is 0 Å². The minimum Gasteiger partial charge on any atom is -0.495 e. The van der Waals surface area contributed by atoms with Crippen molar-refractivity contribution < 1.29 is 9.53 Å². The van der Waals surface area contributed by atoms with Crippen LogP contribution in [0.1, 0.15) is 12.8 Å². The van der Waals surface area contributed by atoms with Gasteiger partial charge >= 0.3 is 0 Å². The van der Waals surface area contributed by atoms with Gasteiger partial charge in [-0.15, -0.1) is 0 Å². The van der Waals surface area contributed by atoms with Crippen molar-refractivity contribution in [3.8, 4) is 5.75 Å². The summed E-state index contributed by atoms with van der Waals surface area (Å²) >= 11 is 0. The topological polar surface area (TPSA) is 55.6 Å². The number of anilines is 2. The van der Waals surface area contributed by atoms with E-state index in [9.17, 15) is 4.79 Å². The summed E-state index contributed by atoms with van der Waals surface area (Å²) in [5.41, 5.74) is 7.12. The summed E-state index contributed by atoms with van der Waals surface area (Å²) in [7, 11) is 1.59. The molecule has 0 bridgehead atoms. The van der Waals surface area contributed by atoms with Gasteiger partial charge in [0.1, 0.15) is 5.75 Å². The Morgan fingerprint density at radius 3 is 2.87 bits per heavy atom. The quantitative estimate of drug-likeness (QED) is 0.744. The third kappa shape index (κ3) is 1.75. The number of nitrogens with two attached hydrogens (primary N) is 1. The molecule has 1 aromatic rings. The summed E-state index contributed by atoms with van der Waals surface area (Å²) < 4.78 is 5.21. The summed E-state index contributed by atoms with van der Waals surface area (Å²) in [5, 5.41) is 0. The van der Waals surface area contributed by atoms with Crippen LogP contribution in [0.3, 0.4) is 0 Å². The molecule has 0 radical (unpaired) electrons. The third-order valence-corrected chi connectivity index (χ3v) is 2.57. The van der Waals surface area contributed by atoms with Gasteiger partial charge in [-0.3, -0.25) is 4.79 Å². The highest BCUT2D eigenvalue weighted by Crippen LogP contribution is 2.32. The first-order valence-electron chi connectivity index (χ1n) is 4.96. The molecule has 0 unspecified atom stereocenters. The van der Waals surface area contributed by atoms with Gasteiger partial charge in [-0.1, -0.05) is 0 Å². The van der Waals surface area contributed by atoms with Crippen molar-refractivity contribution >= 4 is 17.3 Å². The molecule has 0 spiro atoms. The van der Waals surface area contributed by atoms with Crippen molar-refractivity contribution in [2.45, 2.75) is 12.8 Å². The van der Waals surface area contributed by atoms with E-state index in [0.29, 0.717) is 17.9 Å². The fourth-order valence-corrected chi connectivity index (χ4v) is 1.82. The van der Waals surface area contributed by atoms with Gasteiger partial charge < -0.3 is 15.4 Å². The number of carbonyl (C=O) groups is 1. The van der Waals surface area contributed by atoms with E-state index in [0.717, 1.165) is 18.7 Å². The fraction of sp³-hybridized carbons (Fsp3) is 0.364. The highest BCUT2D eigenvalue weighted by Gasteiger charge is 2.24. The second-order valence-electron chi connectivity index (χ2n) is 3.58. The Bertz CT molecular complexity index is 390. The van der Waals surface area contributed by atoms with E-state index in [1.807, 2.05) is 0 Å². The fourth-order valence-electron chi connectivity index (χ4n) is 1.82. The van der Waals surface area contributed by atoms with Crippen LogP contribution in [0, 0.1) is 0 Å². The largest absolute Gasteiger partial charge is 0.495 e. The molecule has 0 aliphatic carbocycles. The van der Waals surface area contributed by atoms with Crippen molar-refractivity contribution in [1.29, 1.82) is 0 Å². The Hall–Kier alpha value is -1.71. The number of nitrogen functional groups attached to an aromatic ring is 1. The Morgan fingerprint density at radius 1 is 1.47 bits per heavy atom. The SMILES string of the molecule is COc1ccc(N)cc1N1CCCC1=O. The first kappa shape index (κ1) is 9.83. The van der Waals surface area contributed by atoms with Crippen LogP contribution in [0.25, 0.3) is 0 Å². The third-order valence-electron chi connectivity index (χ3n) is 2.57. The van der Waals surface area contributed by atoms with Gasteiger partial charge in [0, 0.05) is 18.7 Å². The second-order valence-corrected chi connectivity index (χ2v) is 3.58. The Labute approximate surface area is 88.6 Å². The number of amides is 1. The van der Waals surface area contributed by atoms with Crippen LogP contribution in [0.2, 0.25) is 0 Å². The van der Waals surface area contributed by atoms with Crippen molar-refractivity contribution in [3.05, 3.63) is 18.2 Å². The summed E-state index contributed by atoms with van der Waals surface area (Å²) in [6.45, 7) is 0.749. The number of rotatable bonds is 2. The molecule has 0 saturated carbocycles. The van der Waals surface area contributed by atoms with E-state index in [-0.39, 0.29) is 5.91 Å². The summed E-state index contributed by atoms with van der Waals surface area (Å²) in [5.74, 6) is 0.832. The molecule has 80 valence electrons. The van der Waals surface area contributed by atoms with Gasteiger partial charge in [-0.25, -0.2) is 0 Å². The molecule has 0 aromatic heterocycles. The van der Waals surface area contributed by atoms with Crippen LogP contribution >= 0.6 is 0 Å². The Kier molecular flexibility index (Phi) is 2.49. The predicted molar refractivity (Wildman–Crippen MR) is 59.0 cm³/mol. The van der Waals surface area contributed by atoms with Crippen molar-refractivity contribution in [2.24, 2.45) is 0 Å². The minimum atomic E-state index is 0.138. The lowest BCUT2D eigenvalue weighted by molar-refractivity contribution is -0.117. The van der Waals surface area contributed by atoms with Crippen LogP contribution in [0.15, 0.2) is 18.2 Å². The molecule has 0 atom stereocenters. The molecule has 1 aromatic carbocycles. The molecule has 4 heteroatoms. The summed E-state index contributed by atoms with van der Waals surface area (Å²) in [6, 6.07) is 5.33. The molecule has 2 rings (SSSR count). The van der Waals surface area contributed by atoms with Gasteiger partial charge in [0.25, 0.3) is 0 Å². The van der Waals surface area contributed by atoms with Gasteiger partial charge in [-0.2, -0.15) is 0 Å². The highest BCUT2D eigenvalue weighted by atomic mass is 16.5. The standard InChI is InChI=1S/C11H14N2O2/c1-15-10-5-4-8(12)7-9(10)13-6-2-3-11(13)14/h4-5,7H,2-3,6,12H2,1H3. The summed E-state index contributed by atoms with van der Waals surface area (Å²) in [6.07, 6.45) is 1.51. The van der Waals surface area contributed by atoms with Gasteiger partial charge in [0.2, 0.25) is 5.91 Å². The molecular formula is C11H14N2O2. The number of benzene rings is 1. The van der Waals surface area contributed by atoms with Gasteiger partial charge in [-0.05, 0) is 24.6 Å². The van der Waals surface area contributed by atoms with Crippen LogP contribution in [-0.2, 0) is 4.79 Å². The molecule has 1 fully saturated rings. The lowest BCUT2D eigenvalue weighted by atomic mass is 10.2. The molecule has 1 amide bonds. The number of ether oxygens (including phenoxy) is 1. The predicted octanol–water partition coefficient (Wildman–Crippen LogP) is 1.40. The smallest absolute Gasteiger partial charge is 0.227 e. The van der Waals surface area contributed by atoms with Crippen molar-refractivity contribution in [3.63, 3.8) is 0 Å². The number of nitrogens with zero attached hydrogens (tertiary/aromatic N) is 1. The van der Waals surface area contributed by atoms with Crippen LogP contribution < -0.4 is 15.4 Å². The Balaban J connectivity index is 2.40. The zero-order chi connectivity index (χ0) is 10.8. The normalized spacial score (nSPS) is 15.8. The zero-order valence-corrected chi connectivity index (χ0v) is 8.69. The summed E-state index contributed by atoms with van der Waals surface area (Å²) in [4.78, 5) is 13.3. The first-order chi connectivity index (χ1) is 7.22. The molecule has 1 saturated heterocycles. The first-order valence-corrected chi connectivity index (χ1v) is 4.96. The highest BCUT2D eigenvalue weighted by molar-refractivity contribution is 5.97. The van der Waals surface area contributed by atoms with Crippen LogP contribution in [-0.4, -0.2) is 19.6 Å². The maximum absolute atomic E-state index is 11.6. The molecular weight excluding hydrogens is 192 g/mol. The lowest BCUT2D eigenvalue weighted by Gasteiger charge is -2.19. The van der Waals surface area contributed by atoms with Crippen LogP contribution in [0.5, 0.6) is 5.75 Å². The average molecular weight is 206 g/mol. The molecule has 1 aliphatic rings. The van der Waals surface area contributed by atoms with E-state index in [4.69, 9.17) is 10.5 Å². The minimum absolute atomic E-state index is 0.138. The maximum Gasteiger partial charge on any atom is 0.227 e. The Morgan fingerprint density at radius 2 is 2.27 bits per heavy atom. The number of hydrogen-bond acceptors (Lipinski definition) is 3. The van der Waals surface area contributed by atoms with E-state index < -0.39 is 0 Å². The second kappa shape index (κ2) is 3.81. The average Bonchev–Trinajstić information content (AvgIpc) is 2.64. The molecule has 1 aliphatic heterocycles. The molecule has 4 nitrogen and oxygen atoms in total. The maximum atomic E-state index is 11.6. The van der Waals surface area contributed by atoms with E-state index in [1.54, 1.807) is 30.2 Å².